The van der Waals surface area contributed by atoms with E-state index in [9.17, 15) is 0 Å². The van der Waals surface area contributed by atoms with Crippen LogP contribution in [-0.2, 0) is 0 Å². The zero-order valence-electron chi connectivity index (χ0n) is 5.51. The summed E-state index contributed by atoms with van der Waals surface area (Å²) in [6.45, 7) is 0.159. The van der Waals surface area contributed by atoms with Crippen LogP contribution in [0.15, 0.2) is 0 Å². The molecule has 51 valence electrons. The van der Waals surface area contributed by atoms with Crippen LogP contribution in [0.4, 0.5) is 0 Å². The molecule has 0 aliphatic carbocycles. The molecule has 0 amide bonds. The van der Waals surface area contributed by atoms with Crippen LogP contribution >= 0.6 is 0 Å². The molecule has 0 heterocycles. The maximum absolute atomic E-state index is 8.30. The van der Waals surface area contributed by atoms with Gasteiger partial charge < -0.3 is 5.11 Å². The molecule has 9 heavy (non-hydrogen) atoms. The summed E-state index contributed by atoms with van der Waals surface area (Å²) in [6.07, 6.45) is 5.36. The lowest BCUT2D eigenvalue weighted by Crippen LogP contribution is -1.83. The first kappa shape index (κ1) is 8.45. The van der Waals surface area contributed by atoms with Crippen LogP contribution in [0.5, 0.6) is 0 Å². The second-order valence-corrected chi connectivity index (χ2v) is 1.88. The Hall–Kier alpha value is -0.550. The van der Waals surface area contributed by atoms with Crippen LogP contribution < -0.4 is 0 Å². The minimum atomic E-state index is 0.159. The monoisotopic (exact) mass is 126 g/mol. The number of aliphatic hydroxyl groups excluding tert-OH is 1. The van der Waals surface area contributed by atoms with Gasteiger partial charge in [-0.05, 0) is 19.3 Å². The molecule has 0 spiro atoms. The molecule has 2 heteroatoms. The predicted octanol–water partition coefficient (Wildman–Crippen LogP) is 1.27. The number of nitriles is 1. The molecule has 0 fully saturated rings. The number of rotatable bonds is 5. The van der Waals surface area contributed by atoms with Crippen molar-refractivity contribution in [2.75, 3.05) is 6.61 Å². The van der Waals surface area contributed by atoms with Crippen molar-refractivity contribution in [1.82, 2.24) is 0 Å². The third-order valence-corrected chi connectivity index (χ3v) is 1.08. The molecule has 0 bridgehead atoms. The molecule has 0 unspecified atom stereocenters. The van der Waals surface area contributed by atoms with Gasteiger partial charge in [0.1, 0.15) is 0 Å². The summed E-state index contributed by atoms with van der Waals surface area (Å²) in [7, 11) is 0. The van der Waals surface area contributed by atoms with Crippen molar-refractivity contribution in [3.63, 3.8) is 0 Å². The van der Waals surface area contributed by atoms with E-state index in [1.165, 1.54) is 0 Å². The highest BCUT2D eigenvalue weighted by atomic mass is 16.2. The molecule has 0 saturated heterocycles. The molecule has 0 rings (SSSR count). The number of hydrogen-bond donors (Lipinski definition) is 1. The SMILES string of the molecule is N#CCCCC[CH]CO. The Kier molecular flexibility index (Phi) is 6.99. The lowest BCUT2D eigenvalue weighted by Gasteiger charge is -1.92. The third-order valence-electron chi connectivity index (χ3n) is 1.08. The largest absolute Gasteiger partial charge is 0.396 e. The van der Waals surface area contributed by atoms with E-state index >= 15 is 0 Å². The number of aliphatic hydroxyl groups is 1. The van der Waals surface area contributed by atoms with Crippen molar-refractivity contribution in [1.29, 1.82) is 5.26 Å². The lowest BCUT2D eigenvalue weighted by molar-refractivity contribution is 0.322. The minimum absolute atomic E-state index is 0.159. The normalized spacial score (nSPS) is 8.89. The lowest BCUT2D eigenvalue weighted by atomic mass is 10.2. The summed E-state index contributed by atoms with van der Waals surface area (Å²) in [5.41, 5.74) is 0. The van der Waals surface area contributed by atoms with Crippen LogP contribution in [0, 0.1) is 17.8 Å². The third kappa shape index (κ3) is 7.45. The first-order valence-corrected chi connectivity index (χ1v) is 3.21. The van der Waals surface area contributed by atoms with E-state index in [0.29, 0.717) is 6.42 Å². The maximum Gasteiger partial charge on any atom is 0.0621 e. The van der Waals surface area contributed by atoms with Crippen molar-refractivity contribution in [3.05, 3.63) is 6.42 Å². The zero-order chi connectivity index (χ0) is 6.95. The Balaban J connectivity index is 2.69. The van der Waals surface area contributed by atoms with Crippen LogP contribution in [-0.4, -0.2) is 11.7 Å². The van der Waals surface area contributed by atoms with Crippen molar-refractivity contribution in [2.45, 2.75) is 25.7 Å². The quantitative estimate of drug-likeness (QED) is 0.564. The standard InChI is InChI=1S/C7H12NO/c8-6-4-2-1-3-5-7-9/h5,9H,1-4,7H2. The molecule has 0 saturated carbocycles. The Bertz CT molecular complexity index is 85.4. The topological polar surface area (TPSA) is 44.0 Å². The van der Waals surface area contributed by atoms with E-state index in [0.717, 1.165) is 19.3 Å². The number of hydrogen-bond acceptors (Lipinski definition) is 2. The van der Waals surface area contributed by atoms with Crippen molar-refractivity contribution in [2.24, 2.45) is 0 Å². The molecule has 0 aromatic carbocycles. The van der Waals surface area contributed by atoms with Gasteiger partial charge in [0.25, 0.3) is 0 Å². The molecule has 1 radical (unpaired) electrons. The molecule has 0 aromatic heterocycles. The maximum atomic E-state index is 8.30. The number of nitrogens with zero attached hydrogens (tertiary/aromatic N) is 1. The van der Waals surface area contributed by atoms with Gasteiger partial charge in [0.15, 0.2) is 0 Å². The Morgan fingerprint density at radius 3 is 2.78 bits per heavy atom. The Morgan fingerprint density at radius 1 is 1.44 bits per heavy atom. The van der Waals surface area contributed by atoms with Gasteiger partial charge in [-0.2, -0.15) is 5.26 Å². The minimum Gasteiger partial charge on any atom is -0.396 e. The van der Waals surface area contributed by atoms with Gasteiger partial charge in [-0.25, -0.2) is 0 Å². The molecule has 0 aliphatic rings. The fraction of sp³-hybridized carbons (Fsp3) is 0.714. The highest BCUT2D eigenvalue weighted by Gasteiger charge is 1.86. The Labute approximate surface area is 56.1 Å². The first-order chi connectivity index (χ1) is 4.41. The van der Waals surface area contributed by atoms with Crippen LogP contribution in [0.3, 0.4) is 0 Å². The van der Waals surface area contributed by atoms with Gasteiger partial charge in [0, 0.05) is 13.0 Å². The summed E-state index contributed by atoms with van der Waals surface area (Å²) < 4.78 is 0. The summed E-state index contributed by atoms with van der Waals surface area (Å²) >= 11 is 0. The van der Waals surface area contributed by atoms with Gasteiger partial charge >= 0.3 is 0 Å². The van der Waals surface area contributed by atoms with Gasteiger partial charge in [0.05, 0.1) is 6.07 Å². The van der Waals surface area contributed by atoms with Crippen LogP contribution in [0.1, 0.15) is 25.7 Å². The average molecular weight is 126 g/mol. The molecular weight excluding hydrogens is 114 g/mol. The fourth-order valence-corrected chi connectivity index (χ4v) is 0.584. The van der Waals surface area contributed by atoms with Gasteiger partial charge in [-0.3, -0.25) is 0 Å². The van der Waals surface area contributed by atoms with Crippen molar-refractivity contribution < 1.29 is 5.11 Å². The smallest absolute Gasteiger partial charge is 0.0621 e. The summed E-state index contributed by atoms with van der Waals surface area (Å²) in [6, 6.07) is 2.07. The predicted molar refractivity (Wildman–Crippen MR) is 35.5 cm³/mol. The zero-order valence-corrected chi connectivity index (χ0v) is 5.51. The van der Waals surface area contributed by atoms with Gasteiger partial charge in [0.2, 0.25) is 0 Å². The fourth-order valence-electron chi connectivity index (χ4n) is 0.584. The highest BCUT2D eigenvalue weighted by Crippen LogP contribution is 1.99. The van der Waals surface area contributed by atoms with Crippen LogP contribution in [0.25, 0.3) is 0 Å². The second kappa shape index (κ2) is 7.45. The summed E-state index contributed by atoms with van der Waals surface area (Å²) in [5, 5.41) is 16.4. The molecule has 0 aliphatic heterocycles. The summed E-state index contributed by atoms with van der Waals surface area (Å²) in [5.74, 6) is 0. The van der Waals surface area contributed by atoms with E-state index in [-0.39, 0.29) is 6.61 Å². The van der Waals surface area contributed by atoms with Crippen molar-refractivity contribution >= 4 is 0 Å². The molecule has 0 atom stereocenters. The van der Waals surface area contributed by atoms with E-state index in [4.69, 9.17) is 10.4 Å². The van der Waals surface area contributed by atoms with Gasteiger partial charge in [-0.1, -0.05) is 6.42 Å². The van der Waals surface area contributed by atoms with Gasteiger partial charge in [-0.15, -0.1) is 0 Å². The molecule has 2 nitrogen and oxygen atoms in total. The molecule has 1 N–H and O–H groups in total. The van der Waals surface area contributed by atoms with E-state index in [1.54, 1.807) is 0 Å². The highest BCUT2D eigenvalue weighted by molar-refractivity contribution is 4.69. The average Bonchev–Trinajstić information content (AvgIpc) is 1.89. The first-order valence-electron chi connectivity index (χ1n) is 3.21. The number of unbranched alkanes of at least 4 members (excludes halogenated alkanes) is 4. The van der Waals surface area contributed by atoms with E-state index in [2.05, 4.69) is 6.07 Å². The summed E-state index contributed by atoms with van der Waals surface area (Å²) in [4.78, 5) is 0. The second-order valence-electron chi connectivity index (χ2n) is 1.88. The Morgan fingerprint density at radius 2 is 2.22 bits per heavy atom. The van der Waals surface area contributed by atoms with Crippen LogP contribution in [0.2, 0.25) is 0 Å². The van der Waals surface area contributed by atoms with E-state index < -0.39 is 0 Å². The van der Waals surface area contributed by atoms with E-state index in [1.807, 2.05) is 6.42 Å². The van der Waals surface area contributed by atoms with Crippen molar-refractivity contribution in [3.8, 4) is 6.07 Å². The molecule has 0 aromatic rings. The molecular formula is C7H12NO.